The molecule has 0 aliphatic carbocycles. The summed E-state index contributed by atoms with van der Waals surface area (Å²) in [6, 6.07) is 38.1. The van der Waals surface area contributed by atoms with Crippen LogP contribution in [-0.2, 0) is 10.8 Å². The van der Waals surface area contributed by atoms with E-state index >= 15 is 0 Å². The quantitative estimate of drug-likeness (QED) is 0.111. The Morgan fingerprint density at radius 3 is 1.53 bits per heavy atom. The van der Waals surface area contributed by atoms with E-state index in [1.54, 1.807) is 4.90 Å². The van der Waals surface area contributed by atoms with Crippen LogP contribution in [0.4, 0.5) is 17.1 Å². The SMILES string of the molecule is CCC(CC)N1C(=O)c2ccc3c4ccc(N(c5ccc(C(C)(C)CC(C)(C)C)cc5)c5ccc(C(C)(C)CC(C)(C)C)cc5)c5cccc(c6ccc(c2c36)C1O)c54. The van der Waals surface area contributed by atoms with Crippen LogP contribution in [0.1, 0.15) is 142 Å². The number of fused-ring (bicyclic) bond motifs is 2. The number of rotatable bonds is 10. The van der Waals surface area contributed by atoms with E-state index in [9.17, 15) is 9.90 Å². The lowest BCUT2D eigenvalue weighted by molar-refractivity contribution is -0.0172. The summed E-state index contributed by atoms with van der Waals surface area (Å²) in [5.41, 5.74) is 8.03. The van der Waals surface area contributed by atoms with Crippen LogP contribution in [0.2, 0.25) is 0 Å². The minimum absolute atomic E-state index is 0.0267. The fourth-order valence-electron chi connectivity index (χ4n) is 11.3. The lowest BCUT2D eigenvalue weighted by Gasteiger charge is -2.39. The molecular weight excluding hydrogens is 721 g/mol. The van der Waals surface area contributed by atoms with Crippen molar-refractivity contribution in [3.05, 3.63) is 125 Å². The average Bonchev–Trinajstić information content (AvgIpc) is 3.17. The molecule has 0 spiro atoms. The normalized spacial score (nSPS) is 15.5. The summed E-state index contributed by atoms with van der Waals surface area (Å²) in [6.45, 7) is 27.6. The number of carbonyl (C=O) groups excluding carboxylic acids is 1. The standard InChI is InChI=1S/C55H64N2O2/c1-13-36(14-2)57-50(58)44-28-26-41-39-16-15-17-43-46(31-30-40(47(39)43)42-27-29-45(51(57)59)49(44)48(41)42)56(37-22-18-34(19-23-37)54(9,10)32-52(3,4)5)38-24-20-35(21-25-38)55(11,12)33-53(6,7)8/h15-31,36,50,58H,13-14,32-33H2,1-12H3. The number of carbonyl (C=O) groups is 1. The van der Waals surface area contributed by atoms with Gasteiger partial charge in [0.05, 0.1) is 5.69 Å². The summed E-state index contributed by atoms with van der Waals surface area (Å²) in [5.74, 6) is -0.0852. The summed E-state index contributed by atoms with van der Waals surface area (Å²) in [5, 5.41) is 20.6. The first kappa shape index (κ1) is 40.8. The van der Waals surface area contributed by atoms with E-state index in [1.165, 1.54) is 21.9 Å². The van der Waals surface area contributed by atoms with Crippen LogP contribution in [0.15, 0.2) is 103 Å². The first-order valence-corrected chi connectivity index (χ1v) is 21.9. The summed E-state index contributed by atoms with van der Waals surface area (Å²) in [4.78, 5) is 18.3. The van der Waals surface area contributed by atoms with Crippen molar-refractivity contribution in [3.63, 3.8) is 0 Å². The van der Waals surface area contributed by atoms with E-state index in [1.807, 2.05) is 6.07 Å². The van der Waals surface area contributed by atoms with Gasteiger partial charge in [0, 0.05) is 39.3 Å². The van der Waals surface area contributed by atoms with E-state index in [0.29, 0.717) is 5.56 Å². The fourth-order valence-corrected chi connectivity index (χ4v) is 11.3. The number of hydrogen-bond acceptors (Lipinski definition) is 3. The Bertz CT molecular complexity index is 2590. The van der Waals surface area contributed by atoms with Gasteiger partial charge in [-0.25, -0.2) is 0 Å². The molecule has 1 atom stereocenters. The zero-order chi connectivity index (χ0) is 42.4. The predicted octanol–water partition coefficient (Wildman–Crippen LogP) is 15.3. The van der Waals surface area contributed by atoms with Crippen LogP contribution in [0, 0.1) is 10.8 Å². The second-order valence-electron chi connectivity index (χ2n) is 21.2. The molecule has 0 bridgehead atoms. The molecule has 4 heteroatoms. The minimum Gasteiger partial charge on any atom is -0.369 e. The maximum Gasteiger partial charge on any atom is 0.257 e. The van der Waals surface area contributed by atoms with Crippen molar-refractivity contribution in [2.75, 3.05) is 4.90 Å². The molecule has 1 amide bonds. The highest BCUT2D eigenvalue weighted by atomic mass is 16.3. The van der Waals surface area contributed by atoms with Gasteiger partial charge in [0.15, 0.2) is 6.23 Å². The molecule has 306 valence electrons. The average molecular weight is 785 g/mol. The molecule has 1 aliphatic rings. The lowest BCUT2D eigenvalue weighted by atomic mass is 9.72. The Morgan fingerprint density at radius 1 is 0.559 bits per heavy atom. The van der Waals surface area contributed by atoms with Gasteiger partial charge in [-0.05, 0) is 127 Å². The Morgan fingerprint density at radius 2 is 1.02 bits per heavy atom. The third-order valence-corrected chi connectivity index (χ3v) is 13.1. The number of hydrogen-bond donors (Lipinski definition) is 1. The maximum atomic E-state index is 14.2. The second kappa shape index (κ2) is 14.4. The molecule has 8 rings (SSSR count). The lowest BCUT2D eigenvalue weighted by Crippen LogP contribution is -2.44. The van der Waals surface area contributed by atoms with Gasteiger partial charge in [0.2, 0.25) is 0 Å². The number of benzene rings is 7. The van der Waals surface area contributed by atoms with E-state index in [0.717, 1.165) is 80.6 Å². The molecule has 1 unspecified atom stereocenters. The van der Waals surface area contributed by atoms with Crippen LogP contribution in [0.3, 0.4) is 0 Å². The molecule has 59 heavy (non-hydrogen) atoms. The zero-order valence-corrected chi connectivity index (χ0v) is 37.5. The van der Waals surface area contributed by atoms with Gasteiger partial charge in [0.25, 0.3) is 5.91 Å². The van der Waals surface area contributed by atoms with Gasteiger partial charge in [-0.3, -0.25) is 4.79 Å². The highest BCUT2D eigenvalue weighted by molar-refractivity contribution is 6.36. The van der Waals surface area contributed by atoms with Crippen molar-refractivity contribution in [2.24, 2.45) is 10.8 Å². The number of nitrogens with zero attached hydrogens (tertiary/aromatic N) is 2. The molecule has 0 radical (unpaired) electrons. The Kier molecular flexibility index (Phi) is 9.94. The van der Waals surface area contributed by atoms with Crippen LogP contribution in [0.5, 0.6) is 0 Å². The van der Waals surface area contributed by atoms with Crippen molar-refractivity contribution < 1.29 is 9.90 Å². The molecule has 0 saturated carbocycles. The van der Waals surface area contributed by atoms with E-state index < -0.39 is 6.23 Å². The molecule has 1 aliphatic heterocycles. The first-order chi connectivity index (χ1) is 27.7. The highest BCUT2D eigenvalue weighted by Crippen LogP contribution is 2.50. The minimum atomic E-state index is -0.979. The van der Waals surface area contributed by atoms with Gasteiger partial charge in [-0.2, -0.15) is 0 Å². The van der Waals surface area contributed by atoms with E-state index in [4.69, 9.17) is 0 Å². The van der Waals surface area contributed by atoms with Crippen molar-refractivity contribution >= 4 is 66.1 Å². The van der Waals surface area contributed by atoms with Gasteiger partial charge in [-0.15, -0.1) is 0 Å². The third kappa shape index (κ3) is 7.05. The summed E-state index contributed by atoms with van der Waals surface area (Å²) in [6.07, 6.45) is 2.78. The Labute approximate surface area is 352 Å². The van der Waals surface area contributed by atoms with Crippen molar-refractivity contribution in [1.29, 1.82) is 0 Å². The number of aliphatic hydroxyl groups is 1. The Hall–Kier alpha value is -4.93. The van der Waals surface area contributed by atoms with E-state index in [2.05, 4.69) is 185 Å². The highest BCUT2D eigenvalue weighted by Gasteiger charge is 2.37. The van der Waals surface area contributed by atoms with Crippen LogP contribution >= 0.6 is 0 Å². The van der Waals surface area contributed by atoms with E-state index in [-0.39, 0.29) is 33.6 Å². The Balaban J connectivity index is 1.33. The number of anilines is 3. The fraction of sp³-hybridized carbons (Fsp3) is 0.400. The zero-order valence-electron chi connectivity index (χ0n) is 37.5. The van der Waals surface area contributed by atoms with Crippen LogP contribution in [0.25, 0.3) is 43.1 Å². The second-order valence-corrected chi connectivity index (χ2v) is 21.2. The number of aliphatic hydroxyl groups excluding tert-OH is 1. The molecular formula is C55H64N2O2. The molecule has 1 heterocycles. The smallest absolute Gasteiger partial charge is 0.257 e. The van der Waals surface area contributed by atoms with Gasteiger partial charge < -0.3 is 14.9 Å². The molecule has 4 nitrogen and oxygen atoms in total. The van der Waals surface area contributed by atoms with Crippen LogP contribution < -0.4 is 4.90 Å². The largest absolute Gasteiger partial charge is 0.369 e. The summed E-state index contributed by atoms with van der Waals surface area (Å²) in [7, 11) is 0. The van der Waals surface area contributed by atoms with Crippen molar-refractivity contribution in [2.45, 2.75) is 132 Å². The predicted molar refractivity (Wildman–Crippen MR) is 252 cm³/mol. The molecule has 0 saturated heterocycles. The molecule has 7 aromatic rings. The van der Waals surface area contributed by atoms with Gasteiger partial charge in [-0.1, -0.05) is 150 Å². The van der Waals surface area contributed by atoms with Crippen LogP contribution in [-0.4, -0.2) is 22.0 Å². The molecule has 7 aromatic carbocycles. The van der Waals surface area contributed by atoms with Gasteiger partial charge >= 0.3 is 0 Å². The topological polar surface area (TPSA) is 43.8 Å². The summed E-state index contributed by atoms with van der Waals surface area (Å²) < 4.78 is 0. The summed E-state index contributed by atoms with van der Waals surface area (Å²) >= 11 is 0. The molecule has 1 N–H and O–H groups in total. The van der Waals surface area contributed by atoms with Crippen molar-refractivity contribution in [1.82, 2.24) is 4.90 Å². The maximum absolute atomic E-state index is 14.2. The monoisotopic (exact) mass is 784 g/mol. The first-order valence-electron chi connectivity index (χ1n) is 21.9. The third-order valence-electron chi connectivity index (χ3n) is 13.1. The molecule has 0 aromatic heterocycles. The van der Waals surface area contributed by atoms with Gasteiger partial charge in [0.1, 0.15) is 0 Å². The van der Waals surface area contributed by atoms with Crippen molar-refractivity contribution in [3.8, 4) is 0 Å². The number of amides is 1. The molecule has 0 fully saturated rings.